The van der Waals surface area contributed by atoms with Crippen molar-refractivity contribution in [3.8, 4) is 0 Å². The number of amides is 1. The standard InChI is InChI=1S/C14H22F2N4O/c1-3-6-20(4-2)7-5-18-14(21)10-8-11(15)13(19-17)12(16)9-10/h8-9,19H,3-7,17H2,1-2H3,(H,18,21). The number of nitrogens with zero attached hydrogens (tertiary/aromatic N) is 1. The van der Waals surface area contributed by atoms with Crippen molar-refractivity contribution in [3.05, 3.63) is 29.3 Å². The van der Waals surface area contributed by atoms with Gasteiger partial charge in [-0.3, -0.25) is 10.6 Å². The lowest BCUT2D eigenvalue weighted by Gasteiger charge is -2.19. The van der Waals surface area contributed by atoms with Crippen molar-refractivity contribution in [1.82, 2.24) is 10.2 Å². The third-order valence-corrected chi connectivity index (χ3v) is 3.15. The summed E-state index contributed by atoms with van der Waals surface area (Å²) in [7, 11) is 0. The third-order valence-electron chi connectivity index (χ3n) is 3.15. The molecule has 0 fully saturated rings. The number of hydrogen-bond acceptors (Lipinski definition) is 4. The quantitative estimate of drug-likeness (QED) is 0.505. The molecular weight excluding hydrogens is 278 g/mol. The van der Waals surface area contributed by atoms with Crippen LogP contribution in [-0.4, -0.2) is 37.0 Å². The van der Waals surface area contributed by atoms with Gasteiger partial charge in [-0.15, -0.1) is 0 Å². The number of nitrogens with one attached hydrogen (secondary N) is 2. The fourth-order valence-corrected chi connectivity index (χ4v) is 2.02. The van der Waals surface area contributed by atoms with Crippen molar-refractivity contribution in [2.45, 2.75) is 20.3 Å². The maximum absolute atomic E-state index is 13.5. The number of hydrogen-bond donors (Lipinski definition) is 3. The van der Waals surface area contributed by atoms with Crippen LogP contribution in [0.15, 0.2) is 12.1 Å². The average molecular weight is 300 g/mol. The summed E-state index contributed by atoms with van der Waals surface area (Å²) in [5.74, 6) is 2.69. The Balaban J connectivity index is 2.60. The summed E-state index contributed by atoms with van der Waals surface area (Å²) in [6.07, 6.45) is 1.03. The number of benzene rings is 1. The van der Waals surface area contributed by atoms with Crippen molar-refractivity contribution >= 4 is 11.6 Å². The van der Waals surface area contributed by atoms with E-state index in [-0.39, 0.29) is 5.56 Å². The largest absolute Gasteiger partial charge is 0.351 e. The zero-order chi connectivity index (χ0) is 15.8. The van der Waals surface area contributed by atoms with Crippen LogP contribution in [-0.2, 0) is 0 Å². The van der Waals surface area contributed by atoms with Crippen LogP contribution in [0.1, 0.15) is 30.6 Å². The van der Waals surface area contributed by atoms with Crippen LogP contribution < -0.4 is 16.6 Å². The zero-order valence-corrected chi connectivity index (χ0v) is 12.4. The second kappa shape index (κ2) is 8.53. The van der Waals surface area contributed by atoms with Crippen molar-refractivity contribution in [2.75, 3.05) is 31.6 Å². The van der Waals surface area contributed by atoms with Gasteiger partial charge >= 0.3 is 0 Å². The molecule has 4 N–H and O–H groups in total. The predicted molar refractivity (Wildman–Crippen MR) is 78.9 cm³/mol. The predicted octanol–water partition coefficient (Wildman–Crippen LogP) is 1.71. The van der Waals surface area contributed by atoms with E-state index < -0.39 is 23.2 Å². The molecule has 0 saturated heterocycles. The molecule has 0 heterocycles. The lowest BCUT2D eigenvalue weighted by molar-refractivity contribution is 0.0947. The van der Waals surface area contributed by atoms with Crippen LogP contribution in [0.3, 0.4) is 0 Å². The van der Waals surface area contributed by atoms with E-state index in [0.717, 1.165) is 31.6 Å². The number of nitrogens with two attached hydrogens (primary N) is 1. The summed E-state index contributed by atoms with van der Waals surface area (Å²) in [5.41, 5.74) is 1.40. The highest BCUT2D eigenvalue weighted by atomic mass is 19.1. The van der Waals surface area contributed by atoms with E-state index in [0.29, 0.717) is 13.1 Å². The van der Waals surface area contributed by atoms with Crippen LogP contribution in [0.2, 0.25) is 0 Å². The van der Waals surface area contributed by atoms with Crippen LogP contribution >= 0.6 is 0 Å². The molecule has 21 heavy (non-hydrogen) atoms. The van der Waals surface area contributed by atoms with Gasteiger partial charge < -0.3 is 15.6 Å². The topological polar surface area (TPSA) is 70.4 Å². The molecular formula is C14H22F2N4O. The van der Waals surface area contributed by atoms with Gasteiger partial charge in [0.15, 0.2) is 11.6 Å². The Hall–Kier alpha value is -1.73. The molecule has 1 aromatic rings. The summed E-state index contributed by atoms with van der Waals surface area (Å²) >= 11 is 0. The number of nitrogen functional groups attached to an aromatic ring is 1. The summed E-state index contributed by atoms with van der Waals surface area (Å²) in [5, 5.41) is 2.65. The van der Waals surface area contributed by atoms with Gasteiger partial charge in [0.1, 0.15) is 5.69 Å². The molecule has 5 nitrogen and oxygen atoms in total. The van der Waals surface area contributed by atoms with Crippen LogP contribution in [0.4, 0.5) is 14.5 Å². The number of anilines is 1. The molecule has 0 aliphatic carbocycles. The Morgan fingerprint density at radius 2 is 1.86 bits per heavy atom. The van der Waals surface area contributed by atoms with Gasteiger partial charge in [-0.2, -0.15) is 0 Å². The highest BCUT2D eigenvalue weighted by Crippen LogP contribution is 2.19. The van der Waals surface area contributed by atoms with Gasteiger partial charge in [0.05, 0.1) is 0 Å². The van der Waals surface area contributed by atoms with E-state index in [1.165, 1.54) is 0 Å². The average Bonchev–Trinajstić information content (AvgIpc) is 2.45. The number of likely N-dealkylation sites (N-methyl/N-ethyl adjacent to an activating group) is 1. The summed E-state index contributed by atoms with van der Waals surface area (Å²) in [4.78, 5) is 14.0. The smallest absolute Gasteiger partial charge is 0.251 e. The highest BCUT2D eigenvalue weighted by molar-refractivity contribution is 5.94. The molecule has 0 radical (unpaired) electrons. The third kappa shape index (κ3) is 4.95. The molecule has 0 unspecified atom stereocenters. The van der Waals surface area contributed by atoms with Crippen LogP contribution in [0.25, 0.3) is 0 Å². The monoisotopic (exact) mass is 300 g/mol. The van der Waals surface area contributed by atoms with Crippen LogP contribution in [0.5, 0.6) is 0 Å². The molecule has 118 valence electrons. The molecule has 0 saturated carbocycles. The van der Waals surface area contributed by atoms with Gasteiger partial charge in [-0.05, 0) is 31.6 Å². The van der Waals surface area contributed by atoms with E-state index >= 15 is 0 Å². The number of hydrazine groups is 1. The minimum atomic E-state index is -0.899. The van der Waals surface area contributed by atoms with E-state index in [1.807, 2.05) is 12.3 Å². The summed E-state index contributed by atoms with van der Waals surface area (Å²) in [6.45, 7) is 7.09. The van der Waals surface area contributed by atoms with E-state index in [2.05, 4.69) is 17.1 Å². The first-order valence-corrected chi connectivity index (χ1v) is 6.99. The minimum absolute atomic E-state index is 0.0671. The first-order chi connectivity index (χ1) is 10.0. The Labute approximate surface area is 123 Å². The number of rotatable bonds is 8. The summed E-state index contributed by atoms with van der Waals surface area (Å²) in [6, 6.07) is 1.91. The number of halogens is 2. The highest BCUT2D eigenvalue weighted by Gasteiger charge is 2.14. The van der Waals surface area contributed by atoms with E-state index in [9.17, 15) is 13.6 Å². The fourth-order valence-electron chi connectivity index (χ4n) is 2.02. The SMILES string of the molecule is CCCN(CC)CCNC(=O)c1cc(F)c(NN)c(F)c1. The second-order valence-corrected chi connectivity index (χ2v) is 4.65. The van der Waals surface area contributed by atoms with E-state index in [4.69, 9.17) is 5.84 Å². The van der Waals surface area contributed by atoms with Crippen molar-refractivity contribution in [2.24, 2.45) is 5.84 Å². The second-order valence-electron chi connectivity index (χ2n) is 4.65. The maximum Gasteiger partial charge on any atom is 0.251 e. The maximum atomic E-state index is 13.5. The molecule has 0 aliphatic heterocycles. The molecule has 1 amide bonds. The Bertz CT molecular complexity index is 459. The number of carbonyl (C=O) groups excluding carboxylic acids is 1. The van der Waals surface area contributed by atoms with Gasteiger partial charge in [0.25, 0.3) is 5.91 Å². The number of carbonyl (C=O) groups is 1. The van der Waals surface area contributed by atoms with Gasteiger partial charge in [-0.1, -0.05) is 13.8 Å². The lowest BCUT2D eigenvalue weighted by Crippen LogP contribution is -2.35. The van der Waals surface area contributed by atoms with Crippen LogP contribution in [0, 0.1) is 11.6 Å². The van der Waals surface area contributed by atoms with Crippen molar-refractivity contribution < 1.29 is 13.6 Å². The first kappa shape index (κ1) is 17.3. The van der Waals surface area contributed by atoms with Crippen molar-refractivity contribution in [3.63, 3.8) is 0 Å². The zero-order valence-electron chi connectivity index (χ0n) is 12.4. The first-order valence-electron chi connectivity index (χ1n) is 6.99. The molecule has 0 aliphatic rings. The van der Waals surface area contributed by atoms with E-state index in [1.54, 1.807) is 0 Å². The fraction of sp³-hybridized carbons (Fsp3) is 0.500. The Morgan fingerprint density at radius 3 is 2.33 bits per heavy atom. The molecule has 0 aromatic heterocycles. The van der Waals surface area contributed by atoms with Gasteiger partial charge in [0, 0.05) is 18.7 Å². The minimum Gasteiger partial charge on any atom is -0.351 e. The lowest BCUT2D eigenvalue weighted by atomic mass is 10.1. The molecule has 0 spiro atoms. The summed E-state index contributed by atoms with van der Waals surface area (Å²) < 4.78 is 27.0. The molecule has 7 heteroatoms. The van der Waals surface area contributed by atoms with Crippen molar-refractivity contribution in [1.29, 1.82) is 0 Å². The normalized spacial score (nSPS) is 10.8. The Kier molecular flexibility index (Phi) is 7.04. The molecule has 1 rings (SSSR count). The van der Waals surface area contributed by atoms with Gasteiger partial charge in [0.2, 0.25) is 0 Å². The molecule has 0 atom stereocenters. The molecule has 1 aromatic carbocycles. The Morgan fingerprint density at radius 1 is 1.24 bits per heavy atom. The van der Waals surface area contributed by atoms with Gasteiger partial charge in [-0.25, -0.2) is 8.78 Å². The molecule has 0 bridgehead atoms.